The van der Waals surface area contributed by atoms with E-state index in [1.807, 2.05) is 18.2 Å². The number of fused-ring (bicyclic) bond motifs is 1. The van der Waals surface area contributed by atoms with Crippen LogP contribution in [0.5, 0.6) is 0 Å². The summed E-state index contributed by atoms with van der Waals surface area (Å²) in [7, 11) is 0. The summed E-state index contributed by atoms with van der Waals surface area (Å²) in [6.07, 6.45) is 7.03. The fourth-order valence-corrected chi connectivity index (χ4v) is 5.11. The van der Waals surface area contributed by atoms with E-state index in [4.69, 9.17) is 5.73 Å². The lowest BCUT2D eigenvalue weighted by atomic mass is 9.75. The van der Waals surface area contributed by atoms with Gasteiger partial charge in [0, 0.05) is 5.69 Å². The number of carbonyl (C=O) groups is 3. The van der Waals surface area contributed by atoms with Crippen LogP contribution >= 0.6 is 0 Å². The highest BCUT2D eigenvalue weighted by Crippen LogP contribution is 2.37. The molecule has 1 unspecified atom stereocenters. The predicted octanol–water partition coefficient (Wildman–Crippen LogP) is 2.65. The molecule has 4 N–H and O–H groups in total. The second-order valence-electron chi connectivity index (χ2n) is 8.73. The molecule has 1 atom stereocenters. The monoisotopic (exact) mass is 398 g/mol. The molecule has 0 aromatic heterocycles. The first-order valence-corrected chi connectivity index (χ1v) is 10.7. The number of nitrogens with one attached hydrogen (secondary N) is 2. The second kappa shape index (κ2) is 7.69. The number of benzene rings is 1. The molecule has 7 heteroatoms. The molecule has 4 rings (SSSR count). The largest absolute Gasteiger partial charge is 0.399 e. The Kier molecular flexibility index (Phi) is 5.23. The number of carbonyl (C=O) groups excluding carboxylic acids is 3. The van der Waals surface area contributed by atoms with Gasteiger partial charge in [-0.25, -0.2) is 4.79 Å². The van der Waals surface area contributed by atoms with Crippen LogP contribution in [0.4, 0.5) is 10.5 Å². The van der Waals surface area contributed by atoms with Gasteiger partial charge < -0.3 is 16.4 Å². The van der Waals surface area contributed by atoms with E-state index in [1.54, 1.807) is 0 Å². The Morgan fingerprint density at radius 1 is 1.28 bits per heavy atom. The SMILES string of the molecule is CCC1CCC2(CC1)NC(=O)N(CC(=O)NC1CCCc3cc(N)ccc31)C2=O. The number of hydrogen-bond donors (Lipinski definition) is 3. The van der Waals surface area contributed by atoms with Gasteiger partial charge in [0.05, 0.1) is 6.04 Å². The standard InChI is InChI=1S/C22H30N4O3/c1-2-14-8-10-22(11-9-14)20(28)26(21(29)25-22)13-19(27)24-18-5-3-4-15-12-16(23)6-7-17(15)18/h6-7,12,14,18H,2-5,8-11,13,23H2,1H3,(H,24,27)(H,25,29). The Morgan fingerprint density at radius 2 is 2.03 bits per heavy atom. The Bertz CT molecular complexity index is 829. The number of amides is 4. The van der Waals surface area contributed by atoms with Crippen molar-refractivity contribution >= 4 is 23.5 Å². The predicted molar refractivity (Wildman–Crippen MR) is 110 cm³/mol. The molecule has 1 spiro atoms. The van der Waals surface area contributed by atoms with Crippen molar-refractivity contribution in [3.05, 3.63) is 29.3 Å². The number of nitrogens with two attached hydrogens (primary N) is 1. The summed E-state index contributed by atoms with van der Waals surface area (Å²) in [6.45, 7) is 1.93. The Labute approximate surface area is 171 Å². The van der Waals surface area contributed by atoms with E-state index in [2.05, 4.69) is 17.6 Å². The van der Waals surface area contributed by atoms with Gasteiger partial charge in [-0.05, 0) is 74.1 Å². The van der Waals surface area contributed by atoms with Crippen LogP contribution in [0.15, 0.2) is 18.2 Å². The minimum absolute atomic E-state index is 0.110. The second-order valence-corrected chi connectivity index (χ2v) is 8.73. The van der Waals surface area contributed by atoms with Crippen molar-refractivity contribution in [3.8, 4) is 0 Å². The van der Waals surface area contributed by atoms with E-state index in [-0.39, 0.29) is 24.4 Å². The summed E-state index contributed by atoms with van der Waals surface area (Å²) < 4.78 is 0. The number of urea groups is 1. The summed E-state index contributed by atoms with van der Waals surface area (Å²) in [4.78, 5) is 39.3. The molecule has 4 amide bonds. The van der Waals surface area contributed by atoms with Crippen LogP contribution in [0.3, 0.4) is 0 Å². The molecule has 29 heavy (non-hydrogen) atoms. The van der Waals surface area contributed by atoms with Crippen molar-refractivity contribution in [3.63, 3.8) is 0 Å². The first-order valence-electron chi connectivity index (χ1n) is 10.7. The molecule has 1 saturated heterocycles. The average molecular weight is 399 g/mol. The first-order chi connectivity index (χ1) is 13.9. The van der Waals surface area contributed by atoms with Gasteiger partial charge in [0.2, 0.25) is 5.91 Å². The van der Waals surface area contributed by atoms with Gasteiger partial charge in [-0.3, -0.25) is 14.5 Å². The molecule has 1 saturated carbocycles. The normalized spacial score (nSPS) is 28.9. The highest BCUT2D eigenvalue weighted by atomic mass is 16.2. The van der Waals surface area contributed by atoms with Crippen LogP contribution in [0, 0.1) is 5.92 Å². The van der Waals surface area contributed by atoms with Crippen molar-refractivity contribution < 1.29 is 14.4 Å². The fraction of sp³-hybridized carbons (Fsp3) is 0.591. The van der Waals surface area contributed by atoms with Crippen LogP contribution < -0.4 is 16.4 Å². The van der Waals surface area contributed by atoms with Crippen LogP contribution in [-0.2, 0) is 16.0 Å². The number of nitrogens with zero attached hydrogens (tertiary/aromatic N) is 1. The maximum atomic E-state index is 13.0. The van der Waals surface area contributed by atoms with Crippen molar-refractivity contribution in [1.82, 2.24) is 15.5 Å². The number of anilines is 1. The third kappa shape index (κ3) is 3.70. The molecule has 0 bridgehead atoms. The number of hydrogen-bond acceptors (Lipinski definition) is 4. The molecule has 1 heterocycles. The zero-order valence-corrected chi connectivity index (χ0v) is 17.0. The third-order valence-corrected chi connectivity index (χ3v) is 6.90. The minimum Gasteiger partial charge on any atom is -0.399 e. The van der Waals surface area contributed by atoms with Crippen LogP contribution in [0.2, 0.25) is 0 Å². The molecule has 1 aromatic rings. The van der Waals surface area contributed by atoms with Crippen molar-refractivity contribution in [2.75, 3.05) is 12.3 Å². The fourth-order valence-electron chi connectivity index (χ4n) is 5.11. The smallest absolute Gasteiger partial charge is 0.325 e. The average Bonchev–Trinajstić information content (AvgIpc) is 2.92. The maximum Gasteiger partial charge on any atom is 0.325 e. The van der Waals surface area contributed by atoms with Gasteiger partial charge in [-0.2, -0.15) is 0 Å². The number of aryl methyl sites for hydroxylation is 1. The number of rotatable bonds is 4. The van der Waals surface area contributed by atoms with E-state index in [0.717, 1.165) is 60.2 Å². The third-order valence-electron chi connectivity index (χ3n) is 6.90. The van der Waals surface area contributed by atoms with Gasteiger partial charge in [0.15, 0.2) is 0 Å². The van der Waals surface area contributed by atoms with Gasteiger partial charge in [0.25, 0.3) is 5.91 Å². The van der Waals surface area contributed by atoms with Crippen LogP contribution in [0.25, 0.3) is 0 Å². The van der Waals surface area contributed by atoms with Gasteiger partial charge in [-0.15, -0.1) is 0 Å². The summed E-state index contributed by atoms with van der Waals surface area (Å²) in [6, 6.07) is 5.21. The quantitative estimate of drug-likeness (QED) is 0.536. The molecule has 3 aliphatic rings. The van der Waals surface area contributed by atoms with E-state index >= 15 is 0 Å². The van der Waals surface area contributed by atoms with Gasteiger partial charge in [-0.1, -0.05) is 19.4 Å². The Morgan fingerprint density at radius 3 is 2.76 bits per heavy atom. The van der Waals surface area contributed by atoms with Crippen molar-refractivity contribution in [1.29, 1.82) is 0 Å². The minimum atomic E-state index is -0.808. The van der Waals surface area contributed by atoms with Crippen molar-refractivity contribution in [2.45, 2.75) is 69.9 Å². The molecule has 7 nitrogen and oxygen atoms in total. The van der Waals surface area contributed by atoms with Crippen LogP contribution in [0.1, 0.15) is 69.0 Å². The molecule has 156 valence electrons. The summed E-state index contributed by atoms with van der Waals surface area (Å²) >= 11 is 0. The Hall–Kier alpha value is -2.57. The maximum absolute atomic E-state index is 13.0. The molecule has 2 aliphatic carbocycles. The molecule has 1 aliphatic heterocycles. The molecular weight excluding hydrogens is 368 g/mol. The zero-order valence-electron chi connectivity index (χ0n) is 17.0. The first kappa shape index (κ1) is 19.7. The molecule has 1 aromatic carbocycles. The summed E-state index contributed by atoms with van der Waals surface area (Å²) in [5.74, 6) is 0.0644. The number of imide groups is 1. The Balaban J connectivity index is 1.41. The van der Waals surface area contributed by atoms with Crippen molar-refractivity contribution in [2.24, 2.45) is 5.92 Å². The number of nitrogen functional groups attached to an aromatic ring is 1. The highest BCUT2D eigenvalue weighted by Gasteiger charge is 2.52. The summed E-state index contributed by atoms with van der Waals surface area (Å²) in [5, 5.41) is 5.90. The van der Waals surface area contributed by atoms with Gasteiger partial charge in [0.1, 0.15) is 12.1 Å². The molecule has 0 radical (unpaired) electrons. The highest BCUT2D eigenvalue weighted by molar-refractivity contribution is 6.09. The zero-order chi connectivity index (χ0) is 20.6. The topological polar surface area (TPSA) is 105 Å². The molecular formula is C22H30N4O3. The van der Waals surface area contributed by atoms with E-state index in [1.165, 1.54) is 0 Å². The lowest BCUT2D eigenvalue weighted by molar-refractivity contribution is -0.136. The van der Waals surface area contributed by atoms with Gasteiger partial charge >= 0.3 is 6.03 Å². The van der Waals surface area contributed by atoms with Crippen LogP contribution in [-0.4, -0.2) is 34.8 Å². The van der Waals surface area contributed by atoms with E-state index in [0.29, 0.717) is 18.8 Å². The van der Waals surface area contributed by atoms with E-state index in [9.17, 15) is 14.4 Å². The molecule has 2 fully saturated rings. The van der Waals surface area contributed by atoms with E-state index < -0.39 is 11.6 Å². The summed E-state index contributed by atoms with van der Waals surface area (Å²) in [5.41, 5.74) is 8.02. The lowest BCUT2D eigenvalue weighted by Gasteiger charge is -2.34. The lowest BCUT2D eigenvalue weighted by Crippen LogP contribution is -2.50.